The summed E-state index contributed by atoms with van der Waals surface area (Å²) in [5.74, 6) is 1.52. The van der Waals surface area contributed by atoms with Gasteiger partial charge in [0.2, 0.25) is 0 Å². The van der Waals surface area contributed by atoms with E-state index < -0.39 is 0 Å². The highest BCUT2D eigenvalue weighted by Crippen LogP contribution is 2.32. The van der Waals surface area contributed by atoms with Crippen LogP contribution >= 0.6 is 0 Å². The molecule has 1 aromatic carbocycles. The number of rotatable bonds is 2. The molecule has 0 amide bonds. The quantitative estimate of drug-likeness (QED) is 0.776. The van der Waals surface area contributed by atoms with Gasteiger partial charge in [0.15, 0.2) is 0 Å². The molecule has 0 heterocycles. The molecule has 0 saturated carbocycles. The maximum Gasteiger partial charge on any atom is 0.119 e. The summed E-state index contributed by atoms with van der Waals surface area (Å²) in [6.45, 7) is 0.763. The first kappa shape index (κ1) is 9.53. The molecule has 1 aliphatic carbocycles. The van der Waals surface area contributed by atoms with Gasteiger partial charge in [-0.1, -0.05) is 6.07 Å². The number of hydrogen-bond donors (Lipinski definition) is 1. The maximum absolute atomic E-state index is 5.76. The zero-order chi connectivity index (χ0) is 9.97. The van der Waals surface area contributed by atoms with Crippen molar-refractivity contribution in [3.05, 3.63) is 29.3 Å². The van der Waals surface area contributed by atoms with E-state index in [1.54, 1.807) is 7.11 Å². The lowest BCUT2D eigenvalue weighted by Crippen LogP contribution is -2.18. The lowest BCUT2D eigenvalue weighted by Gasteiger charge is -2.24. The fourth-order valence-electron chi connectivity index (χ4n) is 2.26. The van der Waals surface area contributed by atoms with Crippen LogP contribution < -0.4 is 10.5 Å². The average Bonchev–Trinajstić information content (AvgIpc) is 2.27. The van der Waals surface area contributed by atoms with Crippen molar-refractivity contribution in [2.24, 2.45) is 5.73 Å². The molecule has 0 bridgehead atoms. The molecule has 0 unspecified atom stereocenters. The van der Waals surface area contributed by atoms with E-state index in [0.29, 0.717) is 5.92 Å². The SMILES string of the molecule is COc1ccc2c(c1)CCC[C@H]2CN. The Labute approximate surface area is 85.1 Å². The molecule has 1 aromatic rings. The Morgan fingerprint density at radius 3 is 3.07 bits per heavy atom. The van der Waals surface area contributed by atoms with Gasteiger partial charge in [-0.05, 0) is 55.0 Å². The molecule has 1 atom stereocenters. The van der Waals surface area contributed by atoms with Gasteiger partial charge in [-0.3, -0.25) is 0 Å². The minimum Gasteiger partial charge on any atom is -0.497 e. The minimum absolute atomic E-state index is 0.560. The highest BCUT2D eigenvalue weighted by atomic mass is 16.5. The first-order chi connectivity index (χ1) is 6.85. The topological polar surface area (TPSA) is 35.2 Å². The maximum atomic E-state index is 5.76. The van der Waals surface area contributed by atoms with Crippen LogP contribution in [0, 0.1) is 0 Å². The van der Waals surface area contributed by atoms with E-state index in [1.165, 1.54) is 30.4 Å². The molecule has 0 spiro atoms. The molecular formula is C12H17NO. The summed E-state index contributed by atoms with van der Waals surface area (Å²) in [7, 11) is 1.71. The molecule has 14 heavy (non-hydrogen) atoms. The van der Waals surface area contributed by atoms with Crippen LogP contribution in [0.4, 0.5) is 0 Å². The zero-order valence-corrected chi connectivity index (χ0v) is 8.62. The summed E-state index contributed by atoms with van der Waals surface area (Å²) in [6, 6.07) is 6.36. The first-order valence-corrected chi connectivity index (χ1v) is 5.22. The summed E-state index contributed by atoms with van der Waals surface area (Å²) in [4.78, 5) is 0. The third-order valence-electron chi connectivity index (χ3n) is 3.07. The highest BCUT2D eigenvalue weighted by Gasteiger charge is 2.18. The normalized spacial score (nSPS) is 20.3. The Hall–Kier alpha value is -1.02. The molecule has 0 saturated heterocycles. The minimum atomic E-state index is 0.560. The molecule has 2 rings (SSSR count). The van der Waals surface area contributed by atoms with Gasteiger partial charge in [0.1, 0.15) is 5.75 Å². The van der Waals surface area contributed by atoms with E-state index in [9.17, 15) is 0 Å². The van der Waals surface area contributed by atoms with Crippen molar-refractivity contribution >= 4 is 0 Å². The van der Waals surface area contributed by atoms with Crippen LogP contribution in [0.1, 0.15) is 29.9 Å². The highest BCUT2D eigenvalue weighted by molar-refractivity contribution is 5.39. The monoisotopic (exact) mass is 191 g/mol. The Morgan fingerprint density at radius 2 is 2.36 bits per heavy atom. The lowest BCUT2D eigenvalue weighted by molar-refractivity contribution is 0.413. The van der Waals surface area contributed by atoms with E-state index >= 15 is 0 Å². The van der Waals surface area contributed by atoms with Crippen LogP contribution in [0.2, 0.25) is 0 Å². The van der Waals surface area contributed by atoms with Crippen LogP contribution in [0.25, 0.3) is 0 Å². The second-order valence-corrected chi connectivity index (χ2v) is 3.89. The van der Waals surface area contributed by atoms with E-state index in [1.807, 2.05) is 6.07 Å². The standard InChI is InChI=1S/C12H17NO/c1-14-11-5-6-12-9(7-11)3-2-4-10(12)8-13/h5-7,10H,2-4,8,13H2,1H3/t10-/m0/s1. The third-order valence-corrected chi connectivity index (χ3v) is 3.07. The van der Waals surface area contributed by atoms with Crippen molar-refractivity contribution in [1.82, 2.24) is 0 Å². The Balaban J connectivity index is 2.35. The molecule has 0 aliphatic heterocycles. The number of nitrogens with two attached hydrogens (primary N) is 1. The Morgan fingerprint density at radius 1 is 1.50 bits per heavy atom. The molecule has 0 aromatic heterocycles. The number of hydrogen-bond acceptors (Lipinski definition) is 2. The van der Waals surface area contributed by atoms with Crippen molar-refractivity contribution in [1.29, 1.82) is 0 Å². The van der Waals surface area contributed by atoms with E-state index in [2.05, 4.69) is 12.1 Å². The van der Waals surface area contributed by atoms with Gasteiger partial charge in [0.05, 0.1) is 7.11 Å². The van der Waals surface area contributed by atoms with Crippen LogP contribution in [-0.2, 0) is 6.42 Å². The number of methoxy groups -OCH3 is 1. The van der Waals surface area contributed by atoms with Crippen molar-refractivity contribution in [2.45, 2.75) is 25.2 Å². The van der Waals surface area contributed by atoms with Gasteiger partial charge in [0.25, 0.3) is 0 Å². The summed E-state index contributed by atoms with van der Waals surface area (Å²) in [6.07, 6.45) is 3.65. The van der Waals surface area contributed by atoms with Gasteiger partial charge >= 0.3 is 0 Å². The number of benzene rings is 1. The average molecular weight is 191 g/mol. The number of aryl methyl sites for hydroxylation is 1. The summed E-state index contributed by atoms with van der Waals surface area (Å²) in [5, 5.41) is 0. The molecule has 0 fully saturated rings. The first-order valence-electron chi connectivity index (χ1n) is 5.22. The summed E-state index contributed by atoms with van der Waals surface area (Å²) >= 11 is 0. The van der Waals surface area contributed by atoms with Gasteiger partial charge in [-0.15, -0.1) is 0 Å². The third kappa shape index (κ3) is 1.62. The van der Waals surface area contributed by atoms with Gasteiger partial charge in [-0.25, -0.2) is 0 Å². The van der Waals surface area contributed by atoms with Crippen LogP contribution in [0.3, 0.4) is 0 Å². The summed E-state index contributed by atoms with van der Waals surface area (Å²) in [5.41, 5.74) is 8.61. The molecule has 0 radical (unpaired) electrons. The van der Waals surface area contributed by atoms with Crippen LogP contribution in [0.5, 0.6) is 5.75 Å². The predicted molar refractivity (Wildman–Crippen MR) is 57.7 cm³/mol. The van der Waals surface area contributed by atoms with Crippen molar-refractivity contribution in [3.8, 4) is 5.75 Å². The Bertz CT molecular complexity index is 322. The smallest absolute Gasteiger partial charge is 0.119 e. The van der Waals surface area contributed by atoms with E-state index in [-0.39, 0.29) is 0 Å². The van der Waals surface area contributed by atoms with Gasteiger partial charge < -0.3 is 10.5 Å². The van der Waals surface area contributed by atoms with Gasteiger partial charge in [0, 0.05) is 0 Å². The molecule has 2 heteroatoms. The number of fused-ring (bicyclic) bond motifs is 1. The molecule has 76 valence electrons. The molecule has 1 aliphatic rings. The van der Waals surface area contributed by atoms with Crippen LogP contribution in [0.15, 0.2) is 18.2 Å². The van der Waals surface area contributed by atoms with E-state index in [4.69, 9.17) is 10.5 Å². The molecule has 2 nitrogen and oxygen atoms in total. The zero-order valence-electron chi connectivity index (χ0n) is 8.62. The van der Waals surface area contributed by atoms with E-state index in [0.717, 1.165) is 12.3 Å². The second-order valence-electron chi connectivity index (χ2n) is 3.89. The van der Waals surface area contributed by atoms with Crippen molar-refractivity contribution in [2.75, 3.05) is 13.7 Å². The number of ether oxygens (including phenoxy) is 1. The Kier molecular flexibility index (Phi) is 2.73. The van der Waals surface area contributed by atoms with Gasteiger partial charge in [-0.2, -0.15) is 0 Å². The van der Waals surface area contributed by atoms with Crippen molar-refractivity contribution < 1.29 is 4.74 Å². The largest absolute Gasteiger partial charge is 0.497 e. The predicted octanol–water partition coefficient (Wildman–Crippen LogP) is 2.07. The molecular weight excluding hydrogens is 174 g/mol. The summed E-state index contributed by atoms with van der Waals surface area (Å²) < 4.78 is 5.22. The second kappa shape index (κ2) is 4.01. The fraction of sp³-hybridized carbons (Fsp3) is 0.500. The van der Waals surface area contributed by atoms with Crippen LogP contribution in [-0.4, -0.2) is 13.7 Å². The lowest BCUT2D eigenvalue weighted by atomic mass is 9.83. The molecule has 2 N–H and O–H groups in total. The van der Waals surface area contributed by atoms with Crippen molar-refractivity contribution in [3.63, 3.8) is 0 Å². The fourth-order valence-corrected chi connectivity index (χ4v) is 2.26.